The van der Waals surface area contributed by atoms with E-state index in [1.165, 1.54) is 0 Å². The number of thioether (sulfide) groups is 1. The first kappa shape index (κ1) is 21.0. The Hall–Kier alpha value is -3.25. The van der Waals surface area contributed by atoms with Crippen molar-refractivity contribution >= 4 is 29.3 Å². The van der Waals surface area contributed by atoms with Gasteiger partial charge in [-0.15, -0.1) is 11.8 Å². The molecular weight excluding hydrogens is 408 g/mol. The first-order chi connectivity index (χ1) is 15.1. The summed E-state index contributed by atoms with van der Waals surface area (Å²) in [6.45, 7) is 2.41. The summed E-state index contributed by atoms with van der Waals surface area (Å²) < 4.78 is 5.75. The van der Waals surface area contributed by atoms with E-state index in [9.17, 15) is 9.59 Å². The van der Waals surface area contributed by atoms with E-state index in [1.54, 1.807) is 28.8 Å². The number of para-hydroxylation sites is 1. The van der Waals surface area contributed by atoms with Crippen LogP contribution in [0, 0.1) is 6.92 Å². The van der Waals surface area contributed by atoms with Crippen LogP contribution in [-0.2, 0) is 11.4 Å². The maximum Gasteiger partial charge on any atom is 0.255 e. The van der Waals surface area contributed by atoms with E-state index in [1.807, 2.05) is 73.7 Å². The molecule has 1 heterocycles. The fraction of sp³-hybridized carbons (Fsp3) is 0.200. The highest BCUT2D eigenvalue weighted by Gasteiger charge is 2.35. The number of nitrogens with zero attached hydrogens (tertiary/aromatic N) is 1. The van der Waals surface area contributed by atoms with Gasteiger partial charge in [-0.05, 0) is 54.4 Å². The molecule has 3 aromatic carbocycles. The molecule has 0 spiro atoms. The third kappa shape index (κ3) is 5.27. The molecule has 4 rings (SSSR count). The summed E-state index contributed by atoms with van der Waals surface area (Å²) in [5, 5.41) is 2.94. The van der Waals surface area contributed by atoms with Crippen LogP contribution >= 0.6 is 11.8 Å². The van der Waals surface area contributed by atoms with Gasteiger partial charge < -0.3 is 15.0 Å². The second kappa shape index (κ2) is 9.71. The average molecular weight is 433 g/mol. The maximum atomic E-state index is 13.1. The highest BCUT2D eigenvalue weighted by Crippen LogP contribution is 2.25. The van der Waals surface area contributed by atoms with Gasteiger partial charge in [0.15, 0.2) is 0 Å². The van der Waals surface area contributed by atoms with Crippen LogP contribution in [0.5, 0.6) is 5.75 Å². The Morgan fingerprint density at radius 3 is 2.55 bits per heavy atom. The molecule has 6 heteroatoms. The predicted molar refractivity (Wildman–Crippen MR) is 124 cm³/mol. The third-order valence-electron chi connectivity index (χ3n) is 5.08. The van der Waals surface area contributed by atoms with Gasteiger partial charge in [-0.3, -0.25) is 9.59 Å². The van der Waals surface area contributed by atoms with E-state index in [0.717, 1.165) is 22.6 Å². The third-order valence-corrected chi connectivity index (χ3v) is 6.09. The number of carbonyl (C=O) groups excluding carboxylic acids is 2. The molecule has 2 amide bonds. The number of carbonyl (C=O) groups is 2. The van der Waals surface area contributed by atoms with Crippen molar-refractivity contribution in [1.29, 1.82) is 0 Å². The van der Waals surface area contributed by atoms with E-state index in [0.29, 0.717) is 23.8 Å². The van der Waals surface area contributed by atoms with Crippen molar-refractivity contribution in [2.45, 2.75) is 19.6 Å². The molecule has 1 aliphatic rings. The molecule has 1 aliphatic heterocycles. The lowest BCUT2D eigenvalue weighted by molar-refractivity contribution is -0.119. The van der Waals surface area contributed by atoms with Crippen molar-refractivity contribution in [2.75, 3.05) is 16.9 Å². The minimum atomic E-state index is -0.487. The van der Waals surface area contributed by atoms with Gasteiger partial charge in [-0.25, -0.2) is 0 Å². The molecule has 3 aromatic rings. The number of aryl methyl sites for hydroxylation is 1. The largest absolute Gasteiger partial charge is 0.489 e. The summed E-state index contributed by atoms with van der Waals surface area (Å²) in [4.78, 5) is 27.5. The SMILES string of the molecule is Cc1cccc(NC(=O)C2CSCN2C(=O)c2ccc(COc3ccccc3)cc2)c1. The van der Waals surface area contributed by atoms with Gasteiger partial charge in [0.2, 0.25) is 5.91 Å². The molecule has 0 saturated carbocycles. The van der Waals surface area contributed by atoms with Crippen molar-refractivity contribution in [3.8, 4) is 5.75 Å². The van der Waals surface area contributed by atoms with E-state index < -0.39 is 6.04 Å². The van der Waals surface area contributed by atoms with Gasteiger partial charge in [0.05, 0.1) is 5.88 Å². The quantitative estimate of drug-likeness (QED) is 0.612. The molecular formula is C25H24N2O3S. The lowest BCUT2D eigenvalue weighted by atomic mass is 10.1. The number of benzene rings is 3. The lowest BCUT2D eigenvalue weighted by Gasteiger charge is -2.23. The number of amides is 2. The lowest BCUT2D eigenvalue weighted by Crippen LogP contribution is -2.44. The normalized spacial score (nSPS) is 15.5. The molecule has 1 unspecified atom stereocenters. The number of rotatable bonds is 6. The van der Waals surface area contributed by atoms with Crippen molar-refractivity contribution < 1.29 is 14.3 Å². The molecule has 31 heavy (non-hydrogen) atoms. The number of hydrogen-bond acceptors (Lipinski definition) is 4. The highest BCUT2D eigenvalue weighted by molar-refractivity contribution is 7.99. The smallest absolute Gasteiger partial charge is 0.255 e. The average Bonchev–Trinajstić information content (AvgIpc) is 3.28. The van der Waals surface area contributed by atoms with Crippen LogP contribution in [0.1, 0.15) is 21.5 Å². The van der Waals surface area contributed by atoms with Gasteiger partial charge in [0.1, 0.15) is 18.4 Å². The zero-order valence-corrected chi connectivity index (χ0v) is 18.1. The van der Waals surface area contributed by atoms with Crippen molar-refractivity contribution in [3.63, 3.8) is 0 Å². The molecule has 0 aromatic heterocycles. The van der Waals surface area contributed by atoms with Crippen molar-refractivity contribution in [1.82, 2.24) is 4.90 Å². The molecule has 158 valence electrons. The van der Waals surface area contributed by atoms with E-state index in [-0.39, 0.29) is 11.8 Å². The summed E-state index contributed by atoms with van der Waals surface area (Å²) >= 11 is 1.59. The van der Waals surface area contributed by atoms with Crippen LogP contribution in [0.4, 0.5) is 5.69 Å². The summed E-state index contributed by atoms with van der Waals surface area (Å²) in [5.74, 6) is 1.61. The van der Waals surface area contributed by atoms with Gasteiger partial charge in [0.25, 0.3) is 5.91 Å². The Kier molecular flexibility index (Phi) is 6.57. The molecule has 5 nitrogen and oxygen atoms in total. The Morgan fingerprint density at radius 2 is 1.81 bits per heavy atom. The van der Waals surface area contributed by atoms with Crippen molar-refractivity contribution in [3.05, 3.63) is 95.6 Å². The molecule has 0 bridgehead atoms. The Labute approximate surface area is 186 Å². The van der Waals surface area contributed by atoms with E-state index >= 15 is 0 Å². The van der Waals surface area contributed by atoms with Gasteiger partial charge >= 0.3 is 0 Å². The van der Waals surface area contributed by atoms with Crippen LogP contribution in [0.25, 0.3) is 0 Å². The second-order valence-electron chi connectivity index (χ2n) is 7.45. The second-order valence-corrected chi connectivity index (χ2v) is 8.45. The van der Waals surface area contributed by atoms with Gasteiger partial charge in [-0.2, -0.15) is 0 Å². The minimum absolute atomic E-state index is 0.134. The maximum absolute atomic E-state index is 13.1. The fourth-order valence-corrected chi connectivity index (χ4v) is 4.56. The Morgan fingerprint density at radius 1 is 1.03 bits per heavy atom. The highest BCUT2D eigenvalue weighted by atomic mass is 32.2. The van der Waals surface area contributed by atoms with Crippen molar-refractivity contribution in [2.24, 2.45) is 0 Å². The summed E-state index contributed by atoms with van der Waals surface area (Å²) in [5.41, 5.74) is 3.36. The van der Waals surface area contributed by atoms with E-state index in [2.05, 4.69) is 5.32 Å². The van der Waals surface area contributed by atoms with E-state index in [4.69, 9.17) is 4.74 Å². The number of ether oxygens (including phenoxy) is 1. The molecule has 1 N–H and O–H groups in total. The topological polar surface area (TPSA) is 58.6 Å². The number of hydrogen-bond donors (Lipinski definition) is 1. The summed E-state index contributed by atoms with van der Waals surface area (Å²) in [6, 6.07) is 24.2. The van der Waals surface area contributed by atoms with Crippen LogP contribution in [-0.4, -0.2) is 34.4 Å². The zero-order chi connectivity index (χ0) is 21.6. The number of nitrogens with one attached hydrogen (secondary N) is 1. The molecule has 1 atom stereocenters. The fourth-order valence-electron chi connectivity index (χ4n) is 3.40. The summed E-state index contributed by atoms with van der Waals surface area (Å²) in [6.07, 6.45) is 0. The van der Waals surface area contributed by atoms with Gasteiger partial charge in [0, 0.05) is 17.0 Å². The molecule has 0 radical (unpaired) electrons. The number of anilines is 1. The molecule has 1 fully saturated rings. The zero-order valence-electron chi connectivity index (χ0n) is 17.3. The van der Waals surface area contributed by atoms with Gasteiger partial charge in [-0.1, -0.05) is 42.5 Å². The Bertz CT molecular complexity index is 1050. The summed E-state index contributed by atoms with van der Waals surface area (Å²) in [7, 11) is 0. The standard InChI is InChI=1S/C25H24N2O3S/c1-18-6-5-7-21(14-18)26-24(28)23-16-31-17-27(23)25(29)20-12-10-19(11-13-20)15-30-22-8-3-2-4-9-22/h2-14,23H,15-17H2,1H3,(H,26,28). The molecule has 1 saturated heterocycles. The monoisotopic (exact) mass is 432 g/mol. The first-order valence-corrected chi connectivity index (χ1v) is 11.3. The van der Waals surface area contributed by atoms with Crippen LogP contribution < -0.4 is 10.1 Å². The minimum Gasteiger partial charge on any atom is -0.489 e. The van der Waals surface area contributed by atoms with Crippen LogP contribution in [0.2, 0.25) is 0 Å². The first-order valence-electron chi connectivity index (χ1n) is 10.1. The predicted octanol–water partition coefficient (Wildman–Crippen LogP) is 4.73. The van der Waals surface area contributed by atoms with Crippen LogP contribution in [0.3, 0.4) is 0 Å². The Balaban J connectivity index is 1.39. The molecule has 0 aliphatic carbocycles. The van der Waals surface area contributed by atoms with Crippen LogP contribution in [0.15, 0.2) is 78.9 Å².